The molecule has 172 valence electrons. The van der Waals surface area contributed by atoms with Gasteiger partial charge in [-0.2, -0.15) is 4.98 Å². The molecule has 1 heterocycles. The van der Waals surface area contributed by atoms with Crippen LogP contribution in [0, 0.1) is 0 Å². The number of hydrogen-bond acceptors (Lipinski definition) is 8. The van der Waals surface area contributed by atoms with Gasteiger partial charge in [-0.15, -0.1) is 0 Å². The Hall–Kier alpha value is -3.06. The lowest BCUT2D eigenvalue weighted by molar-refractivity contribution is -0.112. The van der Waals surface area contributed by atoms with Crippen LogP contribution < -0.4 is 29.6 Å². The minimum Gasteiger partial charge on any atom is -0.493 e. The van der Waals surface area contributed by atoms with E-state index in [1.165, 1.54) is 14.2 Å². The molecule has 2 aromatic carbocycles. The van der Waals surface area contributed by atoms with Crippen molar-refractivity contribution >= 4 is 61.8 Å². The van der Waals surface area contributed by atoms with E-state index in [1.54, 1.807) is 49.7 Å². The van der Waals surface area contributed by atoms with Crippen LogP contribution in [-0.2, 0) is 4.79 Å². The van der Waals surface area contributed by atoms with E-state index in [-0.39, 0.29) is 17.7 Å². The van der Waals surface area contributed by atoms with Crippen molar-refractivity contribution in [3.05, 3.63) is 57.2 Å². The number of methoxy groups -OCH3 is 3. The summed E-state index contributed by atoms with van der Waals surface area (Å²) in [6.07, 6.45) is 1.56. The number of carbonyl (C=O) groups is 1. The molecular weight excluding hydrogens is 607 g/mol. The highest BCUT2D eigenvalue weighted by molar-refractivity contribution is 14.1. The van der Waals surface area contributed by atoms with Gasteiger partial charge in [-0.1, -0.05) is 12.6 Å². The van der Waals surface area contributed by atoms with Gasteiger partial charge in [-0.3, -0.25) is 4.79 Å². The molecule has 0 aliphatic carbocycles. The predicted octanol–water partition coefficient (Wildman–Crippen LogP) is 5.69. The molecule has 0 radical (unpaired) electrons. The van der Waals surface area contributed by atoms with Crippen LogP contribution in [0.15, 0.2) is 57.2 Å². The molecule has 0 unspecified atom stereocenters. The van der Waals surface area contributed by atoms with Crippen molar-refractivity contribution in [2.75, 3.05) is 32.0 Å². The molecule has 0 atom stereocenters. The number of ether oxygens (including phenoxy) is 4. The van der Waals surface area contributed by atoms with E-state index in [0.717, 1.165) is 0 Å². The molecule has 33 heavy (non-hydrogen) atoms. The van der Waals surface area contributed by atoms with Gasteiger partial charge in [-0.25, -0.2) is 4.98 Å². The fourth-order valence-electron chi connectivity index (χ4n) is 2.75. The average molecular weight is 627 g/mol. The van der Waals surface area contributed by atoms with Crippen molar-refractivity contribution in [3.63, 3.8) is 0 Å². The Morgan fingerprint density at radius 3 is 2.52 bits per heavy atom. The normalized spacial score (nSPS) is 10.2. The number of benzene rings is 2. The molecule has 1 aromatic heterocycles. The maximum Gasteiger partial charge on any atom is 0.261 e. The molecule has 0 aliphatic rings. The molecule has 0 spiro atoms. The summed E-state index contributed by atoms with van der Waals surface area (Å²) >= 11 is 5.26. The number of hydrogen-bond donors (Lipinski definition) is 2. The monoisotopic (exact) mass is 626 g/mol. The van der Waals surface area contributed by atoms with E-state index in [0.29, 0.717) is 42.4 Å². The summed E-state index contributed by atoms with van der Waals surface area (Å²) in [6, 6.07) is 10.4. The van der Waals surface area contributed by atoms with Gasteiger partial charge in [-0.05, 0) is 62.8 Å². The molecule has 3 aromatic rings. The molecule has 9 nitrogen and oxygen atoms in total. The highest BCUT2D eigenvalue weighted by atomic mass is 127. The van der Waals surface area contributed by atoms with Crippen LogP contribution in [0.1, 0.15) is 0 Å². The zero-order chi connectivity index (χ0) is 24.0. The third kappa shape index (κ3) is 6.05. The van der Waals surface area contributed by atoms with Gasteiger partial charge in [0.25, 0.3) is 5.91 Å². The minimum absolute atomic E-state index is 0.268. The van der Waals surface area contributed by atoms with Gasteiger partial charge in [0.1, 0.15) is 5.75 Å². The first-order valence-corrected chi connectivity index (χ1v) is 11.3. The number of carbonyl (C=O) groups excluding carboxylic acids is 1. The number of nitrogens with zero attached hydrogens (tertiary/aromatic N) is 2. The fraction of sp³-hybridized carbons (Fsp3) is 0.136. The van der Waals surface area contributed by atoms with E-state index in [2.05, 4.69) is 43.1 Å². The predicted molar refractivity (Wildman–Crippen MR) is 137 cm³/mol. The second-order valence-electron chi connectivity index (χ2n) is 6.34. The van der Waals surface area contributed by atoms with E-state index >= 15 is 0 Å². The Morgan fingerprint density at radius 2 is 1.85 bits per heavy atom. The van der Waals surface area contributed by atoms with Crippen LogP contribution in [0.4, 0.5) is 17.3 Å². The highest BCUT2D eigenvalue weighted by Crippen LogP contribution is 2.43. The molecule has 0 fully saturated rings. The number of halogens is 2. The summed E-state index contributed by atoms with van der Waals surface area (Å²) in [7, 11) is 4.60. The smallest absolute Gasteiger partial charge is 0.261 e. The molecule has 1 amide bonds. The zero-order valence-corrected chi connectivity index (χ0v) is 21.7. The standard InChI is InChI=1S/C22H20BrIN4O5/c1-12(24)20(29)26-13-6-5-7-14(10-13)33-21-15(23)11-25-22(28-21)27-16-8-9-17(30-2)19(32-4)18(16)31-3/h5-11H,1H2,2-4H3,(H,26,29)(H,25,27,28). The van der Waals surface area contributed by atoms with Crippen molar-refractivity contribution < 1.29 is 23.7 Å². The van der Waals surface area contributed by atoms with Crippen LogP contribution in [-0.4, -0.2) is 37.2 Å². The van der Waals surface area contributed by atoms with E-state index in [1.807, 2.05) is 22.6 Å². The Morgan fingerprint density at radius 1 is 1.09 bits per heavy atom. The molecule has 0 aliphatic heterocycles. The summed E-state index contributed by atoms with van der Waals surface area (Å²) in [5, 5.41) is 5.84. The fourth-order valence-corrected chi connectivity index (χ4v) is 3.16. The van der Waals surface area contributed by atoms with E-state index < -0.39 is 0 Å². The van der Waals surface area contributed by atoms with Gasteiger partial charge in [0.2, 0.25) is 17.6 Å². The number of aromatic nitrogens is 2. The number of amides is 1. The largest absolute Gasteiger partial charge is 0.493 e. The molecule has 0 bridgehead atoms. The van der Waals surface area contributed by atoms with Gasteiger partial charge in [0, 0.05) is 11.8 Å². The molecule has 3 rings (SSSR count). The summed E-state index contributed by atoms with van der Waals surface area (Å²) in [5.74, 6) is 2.13. The Labute approximate surface area is 212 Å². The molecule has 0 saturated carbocycles. The summed E-state index contributed by atoms with van der Waals surface area (Å²) < 4.78 is 23.0. The number of rotatable bonds is 9. The molecule has 11 heteroatoms. The third-order valence-electron chi connectivity index (χ3n) is 4.22. The van der Waals surface area contributed by atoms with Crippen molar-refractivity contribution in [2.45, 2.75) is 0 Å². The van der Waals surface area contributed by atoms with Gasteiger partial charge in [0.05, 0.1) is 41.3 Å². The maximum atomic E-state index is 11.9. The van der Waals surface area contributed by atoms with Crippen molar-refractivity contribution in [1.29, 1.82) is 0 Å². The van der Waals surface area contributed by atoms with Gasteiger partial charge < -0.3 is 29.6 Å². The number of anilines is 3. The Kier molecular flexibility index (Phi) is 8.33. The minimum atomic E-state index is -0.286. The van der Waals surface area contributed by atoms with E-state index in [4.69, 9.17) is 18.9 Å². The van der Waals surface area contributed by atoms with Gasteiger partial charge >= 0.3 is 0 Å². The molecular formula is C22H20BrIN4O5. The first-order chi connectivity index (χ1) is 15.9. The van der Waals surface area contributed by atoms with Crippen LogP contribution in [0.3, 0.4) is 0 Å². The molecule has 0 saturated heterocycles. The number of nitrogens with one attached hydrogen (secondary N) is 2. The van der Waals surface area contributed by atoms with Crippen molar-refractivity contribution in [2.24, 2.45) is 0 Å². The maximum absolute atomic E-state index is 11.9. The quantitative estimate of drug-likeness (QED) is 0.231. The average Bonchev–Trinajstić information content (AvgIpc) is 2.80. The lowest BCUT2D eigenvalue weighted by Gasteiger charge is -2.16. The first kappa shape index (κ1) is 24.6. The van der Waals surface area contributed by atoms with Crippen LogP contribution >= 0.6 is 38.5 Å². The topological polar surface area (TPSA) is 104 Å². The Bertz CT molecular complexity index is 1190. The van der Waals surface area contributed by atoms with Crippen LogP contribution in [0.25, 0.3) is 0 Å². The van der Waals surface area contributed by atoms with Crippen LogP contribution in [0.2, 0.25) is 0 Å². The van der Waals surface area contributed by atoms with Crippen LogP contribution in [0.5, 0.6) is 28.9 Å². The van der Waals surface area contributed by atoms with Crippen molar-refractivity contribution in [1.82, 2.24) is 9.97 Å². The summed E-state index contributed by atoms with van der Waals surface area (Å²) in [5.41, 5.74) is 1.14. The zero-order valence-electron chi connectivity index (χ0n) is 17.9. The lowest BCUT2D eigenvalue weighted by Crippen LogP contribution is -2.10. The van der Waals surface area contributed by atoms with E-state index in [9.17, 15) is 4.79 Å². The summed E-state index contributed by atoms with van der Waals surface area (Å²) in [4.78, 5) is 20.6. The Balaban J connectivity index is 1.86. The van der Waals surface area contributed by atoms with Crippen molar-refractivity contribution in [3.8, 4) is 28.9 Å². The molecule has 2 N–H and O–H groups in total. The second kappa shape index (κ2) is 11.2. The third-order valence-corrected chi connectivity index (χ3v) is 5.25. The second-order valence-corrected chi connectivity index (χ2v) is 8.50. The lowest BCUT2D eigenvalue weighted by atomic mass is 10.2. The first-order valence-electron chi connectivity index (χ1n) is 9.38. The summed E-state index contributed by atoms with van der Waals surface area (Å²) in [6.45, 7) is 3.62. The SMILES string of the molecule is C=C(I)C(=O)Nc1cccc(Oc2nc(Nc3ccc(OC)c(OC)c3OC)ncc2Br)c1. The highest BCUT2D eigenvalue weighted by Gasteiger charge is 2.17. The van der Waals surface area contributed by atoms with Gasteiger partial charge in [0.15, 0.2) is 11.5 Å².